The van der Waals surface area contributed by atoms with E-state index >= 15 is 0 Å². The van der Waals surface area contributed by atoms with Crippen molar-refractivity contribution in [3.8, 4) is 11.5 Å². The predicted octanol–water partition coefficient (Wildman–Crippen LogP) is 4.05. The molecule has 0 aliphatic heterocycles. The molecule has 0 saturated carbocycles. The van der Waals surface area contributed by atoms with Crippen molar-refractivity contribution in [3.63, 3.8) is 0 Å². The molecule has 0 saturated heterocycles. The first-order valence-electron chi connectivity index (χ1n) is 10.2. The molecule has 0 amide bonds. The van der Waals surface area contributed by atoms with Crippen molar-refractivity contribution >= 4 is 17.0 Å². The van der Waals surface area contributed by atoms with Gasteiger partial charge in [-0.2, -0.15) is 0 Å². The van der Waals surface area contributed by atoms with E-state index in [-0.39, 0.29) is 18.6 Å². The highest BCUT2D eigenvalue weighted by molar-refractivity contribution is 7.84. The number of rotatable bonds is 10. The van der Waals surface area contributed by atoms with Crippen LogP contribution in [-0.2, 0) is 33.5 Å². The van der Waals surface area contributed by atoms with Crippen molar-refractivity contribution in [2.24, 2.45) is 5.92 Å². The molecule has 0 bridgehead atoms. The zero-order valence-electron chi connectivity index (χ0n) is 19.1. The van der Waals surface area contributed by atoms with Gasteiger partial charge in [-0.05, 0) is 69.5 Å². The molecule has 3 atom stereocenters. The number of nitrogens with one attached hydrogen (secondary N) is 1. The maximum atomic E-state index is 13.0. The summed E-state index contributed by atoms with van der Waals surface area (Å²) in [6.45, 7) is 7.71. The fourth-order valence-corrected chi connectivity index (χ4v) is 3.75. The van der Waals surface area contributed by atoms with Crippen LogP contribution in [0.15, 0.2) is 48.5 Å². The van der Waals surface area contributed by atoms with Crippen molar-refractivity contribution in [1.29, 1.82) is 0 Å². The third kappa shape index (κ3) is 7.67. The van der Waals surface area contributed by atoms with Crippen LogP contribution in [0.1, 0.15) is 38.8 Å². The Morgan fingerprint density at radius 3 is 1.87 bits per heavy atom. The highest BCUT2D eigenvalue weighted by Gasteiger charge is 2.31. The molecule has 0 unspecified atom stereocenters. The fourth-order valence-electron chi connectivity index (χ4n) is 2.89. The van der Waals surface area contributed by atoms with E-state index < -0.39 is 21.7 Å². The van der Waals surface area contributed by atoms with Crippen LogP contribution < -0.4 is 14.2 Å². The van der Waals surface area contributed by atoms with Gasteiger partial charge in [-0.15, -0.1) is 0 Å². The minimum atomic E-state index is -1.30. The quantitative estimate of drug-likeness (QED) is 0.557. The van der Waals surface area contributed by atoms with Crippen LogP contribution in [-0.4, -0.2) is 35.2 Å². The third-order valence-electron chi connectivity index (χ3n) is 4.91. The average Bonchev–Trinajstić information content (AvgIpc) is 2.75. The number of methoxy groups -OCH3 is 2. The molecule has 0 aliphatic rings. The Labute approximate surface area is 187 Å². The van der Waals surface area contributed by atoms with E-state index in [1.807, 2.05) is 76.2 Å². The minimum absolute atomic E-state index is 0.164. The molecule has 2 rings (SSSR count). The Morgan fingerprint density at radius 2 is 1.42 bits per heavy atom. The number of esters is 1. The molecule has 2 aromatic carbocycles. The molecule has 7 heteroatoms. The first-order chi connectivity index (χ1) is 14.6. The molecule has 1 N–H and O–H groups in total. The molecule has 0 fully saturated rings. The molecule has 0 heterocycles. The van der Waals surface area contributed by atoms with E-state index in [9.17, 15) is 9.00 Å². The van der Waals surface area contributed by atoms with E-state index in [2.05, 4.69) is 4.72 Å². The Morgan fingerprint density at radius 1 is 0.935 bits per heavy atom. The lowest BCUT2D eigenvalue weighted by atomic mass is 9.93. The molecule has 2 aromatic rings. The van der Waals surface area contributed by atoms with Crippen LogP contribution in [0.25, 0.3) is 0 Å². The van der Waals surface area contributed by atoms with Gasteiger partial charge in [0.05, 0.1) is 35.9 Å². The number of hydrogen-bond acceptors (Lipinski definition) is 5. The van der Waals surface area contributed by atoms with Crippen molar-refractivity contribution in [2.45, 2.75) is 51.5 Å². The van der Waals surface area contributed by atoms with E-state index in [1.54, 1.807) is 14.2 Å². The van der Waals surface area contributed by atoms with Gasteiger partial charge in [-0.3, -0.25) is 4.79 Å². The molecule has 31 heavy (non-hydrogen) atoms. The van der Waals surface area contributed by atoms with E-state index in [0.717, 1.165) is 22.6 Å². The first-order valence-corrected chi connectivity index (χ1v) is 11.4. The first kappa shape index (κ1) is 24.9. The maximum Gasteiger partial charge on any atom is 0.311 e. The Hall–Kier alpha value is -2.38. The Balaban J connectivity index is 2.13. The highest BCUT2D eigenvalue weighted by Crippen LogP contribution is 2.21. The molecular formula is C24H33NO5S. The van der Waals surface area contributed by atoms with Gasteiger partial charge in [0.2, 0.25) is 0 Å². The predicted molar refractivity (Wildman–Crippen MR) is 123 cm³/mol. The topological polar surface area (TPSA) is 73.9 Å². The second kappa shape index (κ2) is 11.3. The van der Waals surface area contributed by atoms with Crippen LogP contribution in [0.5, 0.6) is 11.5 Å². The van der Waals surface area contributed by atoms with Gasteiger partial charge in [0, 0.05) is 6.04 Å². The van der Waals surface area contributed by atoms with Crippen LogP contribution in [0.3, 0.4) is 0 Å². The van der Waals surface area contributed by atoms with Crippen LogP contribution in [0.2, 0.25) is 0 Å². The standard InChI is InChI=1S/C24H33NO5S/c1-17(25-31(27)24(2,3)4)22(15-18-7-11-20(28-5)12-8-18)23(26)30-16-19-9-13-21(29-6)14-10-19/h7-14,17,22,25H,15-16H2,1-6H3/t17-,22+,31-/m1/s1. The number of ether oxygens (including phenoxy) is 3. The van der Waals surface area contributed by atoms with Gasteiger partial charge < -0.3 is 14.2 Å². The summed E-state index contributed by atoms with van der Waals surface area (Å²) < 4.78 is 31.2. The third-order valence-corrected chi connectivity index (χ3v) is 6.61. The largest absolute Gasteiger partial charge is 0.497 e. The summed E-state index contributed by atoms with van der Waals surface area (Å²) in [7, 11) is 1.92. The molecule has 0 aromatic heterocycles. The van der Waals surface area contributed by atoms with Crippen molar-refractivity contribution in [2.75, 3.05) is 14.2 Å². The van der Waals surface area contributed by atoms with Crippen molar-refractivity contribution in [3.05, 3.63) is 59.7 Å². The van der Waals surface area contributed by atoms with E-state index in [4.69, 9.17) is 14.2 Å². The molecule has 0 radical (unpaired) electrons. The average molecular weight is 448 g/mol. The zero-order valence-corrected chi connectivity index (χ0v) is 20.0. The second-order valence-electron chi connectivity index (χ2n) is 8.40. The summed E-state index contributed by atoms with van der Waals surface area (Å²) >= 11 is 0. The van der Waals surface area contributed by atoms with Crippen molar-refractivity contribution < 1.29 is 23.2 Å². The second-order valence-corrected chi connectivity index (χ2v) is 10.4. The Bertz CT molecular complexity index is 859. The molecule has 170 valence electrons. The summed E-state index contributed by atoms with van der Waals surface area (Å²) in [6, 6.07) is 14.6. The van der Waals surface area contributed by atoms with E-state index in [0.29, 0.717) is 6.42 Å². The van der Waals surface area contributed by atoms with Gasteiger partial charge in [-0.25, -0.2) is 8.93 Å². The van der Waals surface area contributed by atoms with Crippen LogP contribution in [0, 0.1) is 5.92 Å². The molecule has 0 aliphatic carbocycles. The van der Waals surface area contributed by atoms with Crippen molar-refractivity contribution in [1.82, 2.24) is 4.72 Å². The summed E-state index contributed by atoms with van der Waals surface area (Å²) in [6.07, 6.45) is 0.459. The molecule has 0 spiro atoms. The smallest absolute Gasteiger partial charge is 0.311 e. The summed E-state index contributed by atoms with van der Waals surface area (Å²) in [4.78, 5) is 13.0. The lowest BCUT2D eigenvalue weighted by Gasteiger charge is -2.27. The van der Waals surface area contributed by atoms with Gasteiger partial charge in [0.15, 0.2) is 0 Å². The summed E-state index contributed by atoms with van der Waals surface area (Å²) in [5.41, 5.74) is 1.85. The van der Waals surface area contributed by atoms with Crippen LogP contribution >= 0.6 is 0 Å². The molecule has 6 nitrogen and oxygen atoms in total. The molecular weight excluding hydrogens is 414 g/mol. The normalized spacial score (nSPS) is 14.4. The van der Waals surface area contributed by atoms with Gasteiger partial charge >= 0.3 is 5.97 Å². The summed E-state index contributed by atoms with van der Waals surface area (Å²) in [5.74, 6) is 0.660. The van der Waals surface area contributed by atoms with Gasteiger partial charge in [-0.1, -0.05) is 24.3 Å². The SMILES string of the molecule is COc1ccc(COC(=O)[C@@H](Cc2ccc(OC)cc2)[C@@H](C)N[S@](=O)C(C)(C)C)cc1. The minimum Gasteiger partial charge on any atom is -0.497 e. The van der Waals surface area contributed by atoms with Gasteiger partial charge in [0.1, 0.15) is 18.1 Å². The number of benzene rings is 2. The number of carbonyl (C=O) groups excluding carboxylic acids is 1. The Kier molecular flexibility index (Phi) is 9.07. The monoisotopic (exact) mass is 447 g/mol. The van der Waals surface area contributed by atoms with Gasteiger partial charge in [0.25, 0.3) is 0 Å². The fraction of sp³-hybridized carbons (Fsp3) is 0.458. The highest BCUT2D eigenvalue weighted by atomic mass is 32.2. The lowest BCUT2D eigenvalue weighted by molar-refractivity contribution is -0.150. The number of carbonyl (C=O) groups is 1. The lowest BCUT2D eigenvalue weighted by Crippen LogP contribution is -2.45. The maximum absolute atomic E-state index is 13.0. The zero-order chi connectivity index (χ0) is 23.0. The van der Waals surface area contributed by atoms with E-state index in [1.165, 1.54) is 0 Å². The van der Waals surface area contributed by atoms with Crippen LogP contribution in [0.4, 0.5) is 0 Å². The summed E-state index contributed by atoms with van der Waals surface area (Å²) in [5, 5.41) is 0. The number of hydrogen-bond donors (Lipinski definition) is 1.